The van der Waals surface area contributed by atoms with E-state index in [1.54, 1.807) is 24.3 Å². The van der Waals surface area contributed by atoms with E-state index in [0.29, 0.717) is 15.6 Å². The molecule has 3 N–H and O–H groups in total. The molecule has 0 aliphatic carbocycles. The Hall–Kier alpha value is -2.88. The van der Waals surface area contributed by atoms with Crippen LogP contribution in [0.2, 0.25) is 5.02 Å². The SMILES string of the molecule is Nc1nn2c(C(F)(F)F)cc(=O)[nH]c2c1N=Nc1ccccc1Cl. The van der Waals surface area contributed by atoms with Gasteiger partial charge in [-0.05, 0) is 12.1 Å². The Labute approximate surface area is 136 Å². The van der Waals surface area contributed by atoms with Crippen molar-refractivity contribution in [2.75, 3.05) is 5.73 Å². The first-order chi connectivity index (χ1) is 11.3. The maximum absolute atomic E-state index is 13.0. The van der Waals surface area contributed by atoms with Crippen molar-refractivity contribution in [1.82, 2.24) is 14.6 Å². The number of nitrogen functional groups attached to an aromatic ring is 1. The number of aromatic amines is 1. The van der Waals surface area contributed by atoms with E-state index in [1.165, 1.54) is 0 Å². The zero-order valence-electron chi connectivity index (χ0n) is 11.7. The monoisotopic (exact) mass is 356 g/mol. The Bertz CT molecular complexity index is 1010. The number of benzene rings is 1. The molecule has 1 aromatic carbocycles. The largest absolute Gasteiger partial charge is 0.433 e. The van der Waals surface area contributed by atoms with Crippen LogP contribution in [0.3, 0.4) is 0 Å². The predicted molar refractivity (Wildman–Crippen MR) is 80.9 cm³/mol. The van der Waals surface area contributed by atoms with E-state index in [2.05, 4.69) is 20.3 Å². The highest BCUT2D eigenvalue weighted by atomic mass is 35.5. The normalized spacial score (nSPS) is 12.3. The van der Waals surface area contributed by atoms with Crippen LogP contribution < -0.4 is 11.3 Å². The van der Waals surface area contributed by atoms with Gasteiger partial charge in [0, 0.05) is 6.07 Å². The van der Waals surface area contributed by atoms with E-state index in [1.807, 2.05) is 0 Å². The first-order valence-electron chi connectivity index (χ1n) is 6.42. The summed E-state index contributed by atoms with van der Waals surface area (Å²) in [4.78, 5) is 13.7. The van der Waals surface area contributed by atoms with E-state index >= 15 is 0 Å². The van der Waals surface area contributed by atoms with Gasteiger partial charge in [-0.2, -0.15) is 13.2 Å². The maximum Gasteiger partial charge on any atom is 0.433 e. The molecule has 2 heterocycles. The van der Waals surface area contributed by atoms with Crippen LogP contribution in [0.1, 0.15) is 5.69 Å². The second kappa shape index (κ2) is 5.64. The lowest BCUT2D eigenvalue weighted by Crippen LogP contribution is -2.19. The summed E-state index contributed by atoms with van der Waals surface area (Å²) < 4.78 is 39.5. The minimum atomic E-state index is -4.79. The fourth-order valence-electron chi connectivity index (χ4n) is 1.99. The number of H-pyrrole nitrogens is 1. The summed E-state index contributed by atoms with van der Waals surface area (Å²) in [6.07, 6.45) is -4.79. The molecule has 0 amide bonds. The molecule has 0 bridgehead atoms. The van der Waals surface area contributed by atoms with Gasteiger partial charge in [-0.3, -0.25) is 4.79 Å². The van der Waals surface area contributed by atoms with Crippen molar-refractivity contribution in [2.24, 2.45) is 10.2 Å². The highest BCUT2D eigenvalue weighted by Crippen LogP contribution is 2.34. The van der Waals surface area contributed by atoms with E-state index in [9.17, 15) is 18.0 Å². The van der Waals surface area contributed by atoms with Crippen molar-refractivity contribution in [2.45, 2.75) is 6.18 Å². The van der Waals surface area contributed by atoms with Crippen LogP contribution in [0.25, 0.3) is 5.65 Å². The van der Waals surface area contributed by atoms with Gasteiger partial charge in [0.2, 0.25) is 0 Å². The first kappa shape index (κ1) is 16.0. The van der Waals surface area contributed by atoms with Gasteiger partial charge in [-0.15, -0.1) is 15.3 Å². The van der Waals surface area contributed by atoms with E-state index < -0.39 is 17.4 Å². The Kier molecular flexibility index (Phi) is 3.76. The fraction of sp³-hybridized carbons (Fsp3) is 0.0769. The van der Waals surface area contributed by atoms with Crippen LogP contribution in [0.5, 0.6) is 0 Å². The van der Waals surface area contributed by atoms with Crippen LogP contribution in [0.4, 0.5) is 30.4 Å². The molecule has 0 aliphatic rings. The average molecular weight is 357 g/mol. The maximum atomic E-state index is 13.0. The molecule has 0 saturated heterocycles. The van der Waals surface area contributed by atoms with Gasteiger partial charge in [-0.25, -0.2) is 4.52 Å². The number of aromatic nitrogens is 3. The van der Waals surface area contributed by atoms with E-state index in [-0.39, 0.29) is 22.8 Å². The molecule has 24 heavy (non-hydrogen) atoms. The topological polar surface area (TPSA) is 101 Å². The molecule has 3 rings (SSSR count). The molecular weight excluding hydrogens is 349 g/mol. The van der Waals surface area contributed by atoms with Gasteiger partial charge in [0.25, 0.3) is 5.56 Å². The smallest absolute Gasteiger partial charge is 0.380 e. The zero-order chi connectivity index (χ0) is 17.5. The minimum absolute atomic E-state index is 0.196. The highest BCUT2D eigenvalue weighted by molar-refractivity contribution is 6.32. The van der Waals surface area contributed by atoms with Gasteiger partial charge >= 0.3 is 6.18 Å². The molecule has 2 aromatic heterocycles. The standard InChI is InChI=1S/C13H8ClF3N6O/c14-6-3-1-2-4-7(6)20-21-10-11(18)22-23-8(13(15,16)17)5-9(24)19-12(10)23/h1-5H,(H2,18,22)(H,19,24). The number of alkyl halides is 3. The molecule has 0 radical (unpaired) electrons. The van der Waals surface area contributed by atoms with Crippen molar-refractivity contribution in [3.63, 3.8) is 0 Å². The Morgan fingerprint density at radius 1 is 1.25 bits per heavy atom. The predicted octanol–water partition coefficient (Wildman–Crippen LogP) is 3.69. The summed E-state index contributed by atoms with van der Waals surface area (Å²) >= 11 is 5.92. The van der Waals surface area contributed by atoms with Gasteiger partial charge in [0.1, 0.15) is 5.69 Å². The minimum Gasteiger partial charge on any atom is -0.380 e. The van der Waals surface area contributed by atoms with Crippen LogP contribution in [-0.4, -0.2) is 14.6 Å². The van der Waals surface area contributed by atoms with Crippen molar-refractivity contribution in [3.8, 4) is 0 Å². The summed E-state index contributed by atoms with van der Waals surface area (Å²) in [6, 6.07) is 6.84. The molecule has 3 aromatic rings. The van der Waals surface area contributed by atoms with Gasteiger partial charge in [0.15, 0.2) is 22.8 Å². The number of halogens is 4. The zero-order valence-corrected chi connectivity index (χ0v) is 12.4. The summed E-state index contributed by atoms with van der Waals surface area (Å²) in [5.74, 6) is -0.321. The number of fused-ring (bicyclic) bond motifs is 1. The molecule has 0 aliphatic heterocycles. The molecule has 0 saturated carbocycles. The van der Waals surface area contributed by atoms with Gasteiger partial charge < -0.3 is 10.7 Å². The third kappa shape index (κ3) is 2.83. The first-order valence-corrected chi connectivity index (χ1v) is 6.80. The third-order valence-electron chi connectivity index (χ3n) is 3.02. The Morgan fingerprint density at radius 2 is 1.96 bits per heavy atom. The number of anilines is 1. The number of nitrogens with one attached hydrogen (secondary N) is 1. The van der Waals surface area contributed by atoms with Gasteiger partial charge in [-0.1, -0.05) is 23.7 Å². The van der Waals surface area contributed by atoms with Crippen LogP contribution >= 0.6 is 11.6 Å². The number of hydrogen-bond donors (Lipinski definition) is 2. The van der Waals surface area contributed by atoms with Crippen molar-refractivity contribution in [1.29, 1.82) is 0 Å². The lowest BCUT2D eigenvalue weighted by molar-refractivity contribution is -0.142. The third-order valence-corrected chi connectivity index (χ3v) is 3.34. The Balaban J connectivity index is 2.20. The Morgan fingerprint density at radius 3 is 2.62 bits per heavy atom. The quantitative estimate of drug-likeness (QED) is 0.684. The molecule has 7 nitrogen and oxygen atoms in total. The second-order valence-corrected chi connectivity index (χ2v) is 5.07. The number of nitrogens with two attached hydrogens (primary N) is 1. The molecule has 0 unspecified atom stereocenters. The fourth-order valence-corrected chi connectivity index (χ4v) is 2.16. The van der Waals surface area contributed by atoms with Crippen LogP contribution in [0, 0.1) is 0 Å². The molecule has 0 atom stereocenters. The second-order valence-electron chi connectivity index (χ2n) is 4.66. The number of nitrogens with zero attached hydrogens (tertiary/aromatic N) is 4. The average Bonchev–Trinajstić information content (AvgIpc) is 2.80. The molecule has 0 spiro atoms. The van der Waals surface area contributed by atoms with Crippen molar-refractivity contribution < 1.29 is 13.2 Å². The molecule has 11 heteroatoms. The van der Waals surface area contributed by atoms with Crippen LogP contribution in [0.15, 0.2) is 45.4 Å². The van der Waals surface area contributed by atoms with Crippen molar-refractivity contribution >= 4 is 34.4 Å². The molecular formula is C13H8ClF3N6O. The number of azo groups is 1. The summed E-state index contributed by atoms with van der Waals surface area (Å²) in [7, 11) is 0. The van der Waals surface area contributed by atoms with E-state index in [4.69, 9.17) is 17.3 Å². The summed E-state index contributed by atoms with van der Waals surface area (Å²) in [6.45, 7) is 0. The van der Waals surface area contributed by atoms with Crippen molar-refractivity contribution in [3.05, 3.63) is 51.4 Å². The van der Waals surface area contributed by atoms with E-state index in [0.717, 1.165) is 0 Å². The van der Waals surface area contributed by atoms with Gasteiger partial charge in [0.05, 0.1) is 5.02 Å². The molecule has 124 valence electrons. The summed E-state index contributed by atoms with van der Waals surface area (Å²) in [5.41, 5.74) is 3.14. The van der Waals surface area contributed by atoms with Crippen LogP contribution in [-0.2, 0) is 6.18 Å². The summed E-state index contributed by atoms with van der Waals surface area (Å²) in [5, 5.41) is 11.5. The lowest BCUT2D eigenvalue weighted by atomic mass is 10.3. The molecule has 0 fully saturated rings. The highest BCUT2D eigenvalue weighted by Gasteiger charge is 2.35. The lowest BCUT2D eigenvalue weighted by Gasteiger charge is -2.07. The number of rotatable bonds is 2. The number of hydrogen-bond acceptors (Lipinski definition) is 5.